The molecule has 2 unspecified atom stereocenters. The second-order valence-electron chi connectivity index (χ2n) is 5.10. The second-order valence-corrected chi connectivity index (χ2v) is 5.10. The van der Waals surface area contributed by atoms with Crippen LogP contribution in [-0.4, -0.2) is 41.7 Å². The molecule has 0 amide bonds. The Balaban J connectivity index is 0.00000200. The summed E-state index contributed by atoms with van der Waals surface area (Å²) in [6.07, 6.45) is 1.52. The summed E-state index contributed by atoms with van der Waals surface area (Å²) >= 11 is 0. The monoisotopic (exact) mass is 508 g/mol. The summed E-state index contributed by atoms with van der Waals surface area (Å²) in [5, 5.41) is 23.3. The summed E-state index contributed by atoms with van der Waals surface area (Å²) in [5.41, 5.74) is 2.00. The van der Waals surface area contributed by atoms with Gasteiger partial charge in [-0.15, -0.1) is 0 Å². The number of nitrogens with one attached hydrogen (secondary N) is 1. The fourth-order valence-electron chi connectivity index (χ4n) is 2.58. The van der Waals surface area contributed by atoms with Crippen molar-refractivity contribution in [3.05, 3.63) is 33.9 Å². The van der Waals surface area contributed by atoms with Crippen LogP contribution in [0.25, 0.3) is 0 Å². The van der Waals surface area contributed by atoms with E-state index in [4.69, 9.17) is 5.11 Å². The Morgan fingerprint density at radius 2 is 2.14 bits per heavy atom. The Morgan fingerprint density at radius 3 is 2.67 bits per heavy atom. The number of benzene rings is 1. The molecule has 7 heteroatoms. The smallest absolute Gasteiger partial charge is 0.269 e. The van der Waals surface area contributed by atoms with Gasteiger partial charge in [0.05, 0.1) is 4.92 Å². The predicted molar refractivity (Wildman–Crippen MR) is 80.0 cm³/mol. The largest absolute Gasteiger partial charge is 0.396 e. The first-order valence-corrected chi connectivity index (χ1v) is 6.35. The van der Waals surface area contributed by atoms with Gasteiger partial charge in [0.2, 0.25) is 0 Å². The topological polar surface area (TPSA) is 78.6 Å². The zero-order chi connectivity index (χ0) is 14.0. The summed E-state index contributed by atoms with van der Waals surface area (Å²) in [7, 11) is 3.93. The third-order valence-corrected chi connectivity index (χ3v) is 3.57. The van der Waals surface area contributed by atoms with Crippen LogP contribution in [0.4, 0.5) is 11.4 Å². The normalized spacial score (nSPS) is 19.8. The molecule has 0 saturated carbocycles. The van der Waals surface area contributed by atoms with Gasteiger partial charge < -0.3 is 15.3 Å². The molecule has 1 aliphatic heterocycles. The maximum absolute atomic E-state index is 10.9. The molecule has 1 radical (unpaired) electrons. The number of aliphatic hydroxyl groups excluding tert-OH is 1. The van der Waals surface area contributed by atoms with Crippen molar-refractivity contribution in [2.24, 2.45) is 0 Å². The fourth-order valence-corrected chi connectivity index (χ4v) is 2.58. The summed E-state index contributed by atoms with van der Waals surface area (Å²) in [5.74, 6) is 0. The van der Waals surface area contributed by atoms with Gasteiger partial charge in [0.25, 0.3) is 5.69 Å². The van der Waals surface area contributed by atoms with Crippen molar-refractivity contribution < 1.29 is 54.1 Å². The van der Waals surface area contributed by atoms with E-state index in [0.29, 0.717) is 6.42 Å². The van der Waals surface area contributed by atoms with Crippen molar-refractivity contribution in [1.82, 2.24) is 4.90 Å². The van der Waals surface area contributed by atoms with E-state index in [1.807, 2.05) is 14.1 Å². The predicted octanol–water partition coefficient (Wildman–Crippen LogP) is 2.40. The minimum absolute atomic E-state index is 0. The molecule has 21 heavy (non-hydrogen) atoms. The van der Waals surface area contributed by atoms with E-state index >= 15 is 0 Å². The summed E-state index contributed by atoms with van der Waals surface area (Å²) in [4.78, 5) is 12.6. The molecular weight excluding hydrogens is 485 g/mol. The molecule has 0 aliphatic carbocycles. The molecule has 1 aromatic carbocycles. The van der Waals surface area contributed by atoms with Crippen LogP contribution in [0.1, 0.15) is 31.9 Å². The number of hydrogen-bond acceptors (Lipinski definition) is 5. The molecular formula is C14H23AcN3O3. The van der Waals surface area contributed by atoms with Crippen LogP contribution in [0.15, 0.2) is 18.2 Å². The zero-order valence-electron chi connectivity index (χ0n) is 11.7. The molecule has 6 nitrogen and oxygen atoms in total. The molecule has 1 heterocycles. The van der Waals surface area contributed by atoms with Gasteiger partial charge in [0.15, 0.2) is 0 Å². The van der Waals surface area contributed by atoms with Gasteiger partial charge in [-0.25, -0.2) is 0 Å². The van der Waals surface area contributed by atoms with E-state index in [9.17, 15) is 10.1 Å². The van der Waals surface area contributed by atoms with E-state index < -0.39 is 0 Å². The number of hydrogen-bond donors (Lipinski definition) is 2. The molecule has 2 N–H and O–H groups in total. The van der Waals surface area contributed by atoms with Crippen molar-refractivity contribution in [3.63, 3.8) is 0 Å². The van der Waals surface area contributed by atoms with Crippen molar-refractivity contribution in [1.29, 1.82) is 0 Å². The third kappa shape index (κ3) is 4.89. The van der Waals surface area contributed by atoms with Crippen LogP contribution in [0.3, 0.4) is 0 Å². The summed E-state index contributed by atoms with van der Waals surface area (Å²) in [6, 6.07) is 5.24. The van der Waals surface area contributed by atoms with Gasteiger partial charge in [0.1, 0.15) is 0 Å². The van der Waals surface area contributed by atoms with Gasteiger partial charge in [-0.3, -0.25) is 10.1 Å². The van der Waals surface area contributed by atoms with Crippen molar-refractivity contribution in [2.45, 2.75) is 32.4 Å². The van der Waals surface area contributed by atoms with Crippen LogP contribution in [0, 0.1) is 54.2 Å². The van der Waals surface area contributed by atoms with Gasteiger partial charge in [-0.05, 0) is 38.6 Å². The maximum Gasteiger partial charge on any atom is 0.269 e. The minimum Gasteiger partial charge on any atom is -0.396 e. The number of aliphatic hydroxyl groups is 1. The van der Waals surface area contributed by atoms with E-state index in [2.05, 4.69) is 10.2 Å². The number of anilines is 1. The number of non-ortho nitro benzene ring substituents is 1. The van der Waals surface area contributed by atoms with Gasteiger partial charge in [0, 0.05) is 80.6 Å². The first-order valence-electron chi connectivity index (χ1n) is 6.35. The number of fused-ring (bicyclic) bond motifs is 1. The van der Waals surface area contributed by atoms with Crippen LogP contribution < -0.4 is 5.32 Å². The Bertz CT molecular complexity index is 483. The van der Waals surface area contributed by atoms with Gasteiger partial charge >= 0.3 is 0 Å². The molecule has 0 spiro atoms. The SMILES string of the molecule is C.CN(C)C1CC(CCO)Nc2ccc([N+](=O)[O-])cc21.[Ac]. The summed E-state index contributed by atoms with van der Waals surface area (Å²) in [6.45, 7) is 0.139. The van der Waals surface area contributed by atoms with Crippen LogP contribution in [-0.2, 0) is 0 Å². The zero-order valence-corrected chi connectivity index (χ0v) is 16.5. The Morgan fingerprint density at radius 1 is 1.48 bits per heavy atom. The molecule has 2 atom stereocenters. The average molecular weight is 508 g/mol. The van der Waals surface area contributed by atoms with E-state index in [0.717, 1.165) is 17.7 Å². The quantitative estimate of drug-likeness (QED) is 0.483. The van der Waals surface area contributed by atoms with Crippen molar-refractivity contribution in [3.8, 4) is 0 Å². The molecule has 115 valence electrons. The third-order valence-electron chi connectivity index (χ3n) is 3.57. The summed E-state index contributed by atoms with van der Waals surface area (Å²) < 4.78 is 0. The number of nitro benzene ring substituents is 1. The van der Waals surface area contributed by atoms with Crippen LogP contribution in [0.5, 0.6) is 0 Å². The van der Waals surface area contributed by atoms with E-state index in [-0.39, 0.29) is 80.8 Å². The average Bonchev–Trinajstić information content (AvgIpc) is 2.37. The van der Waals surface area contributed by atoms with Gasteiger partial charge in [-0.1, -0.05) is 7.43 Å². The van der Waals surface area contributed by atoms with Crippen molar-refractivity contribution in [2.75, 3.05) is 26.0 Å². The Hall–Kier alpha value is -0.218. The molecule has 2 rings (SSSR count). The first kappa shape index (κ1) is 20.8. The van der Waals surface area contributed by atoms with Crippen LogP contribution >= 0.6 is 0 Å². The van der Waals surface area contributed by atoms with Gasteiger partial charge in [-0.2, -0.15) is 0 Å². The molecule has 0 bridgehead atoms. The van der Waals surface area contributed by atoms with Crippen LogP contribution in [0.2, 0.25) is 0 Å². The van der Waals surface area contributed by atoms with E-state index in [1.165, 1.54) is 6.07 Å². The fraction of sp³-hybridized carbons (Fsp3) is 0.571. The number of nitrogens with zero attached hydrogens (tertiary/aromatic N) is 2. The standard InChI is InChI=1S/C13H19N3O3.CH4.Ac/c1-15(2)13-7-9(5-6-17)14-12-4-3-10(16(18)19)8-11(12)13;;/h3-4,8-9,13-14,17H,5-7H2,1-2H3;1H4;. The molecule has 1 aliphatic rings. The maximum atomic E-state index is 10.9. The molecule has 1 aromatic rings. The Kier molecular flexibility index (Phi) is 8.95. The Labute approximate surface area is 161 Å². The molecule has 0 fully saturated rings. The minimum atomic E-state index is -0.368. The number of nitro groups is 1. The molecule has 0 saturated heterocycles. The van der Waals surface area contributed by atoms with Crippen molar-refractivity contribution >= 4 is 11.4 Å². The second kappa shape index (κ2) is 9.04. The number of rotatable bonds is 4. The first-order chi connectivity index (χ1) is 9.02. The van der Waals surface area contributed by atoms with E-state index in [1.54, 1.807) is 12.1 Å². The molecule has 0 aromatic heterocycles.